The Balaban J connectivity index is 1.27. The standard InChI is InChI=1S/C26H20N8O/c27-23(28)15-5-7-17-19(11-15)33-25(31-17)14-3-1-13(2-4-14)21-9-10-22(35-21)26-32-18-8-6-16(24(29)30)12-20(18)34-26/h1-12H,(H3,27,28)(H3,29,30)(H,31,33)(H,32,34). The van der Waals surface area contributed by atoms with Crippen LogP contribution in [0.2, 0.25) is 0 Å². The van der Waals surface area contributed by atoms with E-state index in [1.54, 1.807) is 18.2 Å². The molecule has 35 heavy (non-hydrogen) atoms. The number of rotatable bonds is 5. The minimum Gasteiger partial charge on any atom is -0.453 e. The van der Waals surface area contributed by atoms with Gasteiger partial charge in [-0.1, -0.05) is 24.3 Å². The van der Waals surface area contributed by atoms with Gasteiger partial charge in [0.2, 0.25) is 0 Å². The Labute approximate surface area is 198 Å². The smallest absolute Gasteiger partial charge is 0.174 e. The Bertz CT molecular complexity index is 1750. The molecule has 0 spiro atoms. The highest BCUT2D eigenvalue weighted by Crippen LogP contribution is 2.30. The Morgan fingerprint density at radius 2 is 1.14 bits per heavy atom. The molecular weight excluding hydrogens is 440 g/mol. The van der Waals surface area contributed by atoms with Crippen LogP contribution >= 0.6 is 0 Å². The summed E-state index contributed by atoms with van der Waals surface area (Å²) in [5.41, 5.74) is 17.5. The average molecular weight is 461 g/mol. The van der Waals surface area contributed by atoms with Crippen LogP contribution in [-0.2, 0) is 0 Å². The van der Waals surface area contributed by atoms with Crippen molar-refractivity contribution < 1.29 is 4.42 Å². The first-order valence-corrected chi connectivity index (χ1v) is 10.8. The van der Waals surface area contributed by atoms with Crippen molar-refractivity contribution in [1.29, 1.82) is 10.8 Å². The number of imidazole rings is 2. The van der Waals surface area contributed by atoms with Crippen LogP contribution in [0.4, 0.5) is 0 Å². The molecule has 170 valence electrons. The maximum absolute atomic E-state index is 7.61. The summed E-state index contributed by atoms with van der Waals surface area (Å²) in [5.74, 6) is 2.70. The van der Waals surface area contributed by atoms with E-state index in [0.717, 1.165) is 39.0 Å². The van der Waals surface area contributed by atoms with Gasteiger partial charge in [0.05, 0.1) is 22.1 Å². The molecule has 0 atom stereocenters. The largest absolute Gasteiger partial charge is 0.453 e. The summed E-state index contributed by atoms with van der Waals surface area (Å²) < 4.78 is 6.08. The number of aromatic amines is 2. The minimum atomic E-state index is 0.00948. The number of nitrogens with zero attached hydrogens (tertiary/aromatic N) is 2. The van der Waals surface area contributed by atoms with Crippen LogP contribution in [0.1, 0.15) is 11.1 Å². The second-order valence-electron chi connectivity index (χ2n) is 8.20. The Morgan fingerprint density at radius 1 is 0.629 bits per heavy atom. The number of aromatic nitrogens is 4. The van der Waals surface area contributed by atoms with Crippen LogP contribution in [0.5, 0.6) is 0 Å². The average Bonchev–Trinajstić information content (AvgIpc) is 3.60. The lowest BCUT2D eigenvalue weighted by atomic mass is 10.1. The molecule has 9 heteroatoms. The molecular formula is C26H20N8O. The van der Waals surface area contributed by atoms with Gasteiger partial charge in [0.25, 0.3) is 0 Å². The zero-order chi connectivity index (χ0) is 24.1. The number of amidine groups is 2. The fourth-order valence-corrected chi connectivity index (χ4v) is 4.02. The van der Waals surface area contributed by atoms with E-state index in [9.17, 15) is 0 Å². The van der Waals surface area contributed by atoms with Crippen LogP contribution < -0.4 is 11.5 Å². The number of benzene rings is 3. The second kappa shape index (κ2) is 7.70. The van der Waals surface area contributed by atoms with Crippen LogP contribution in [0, 0.1) is 10.8 Å². The lowest BCUT2D eigenvalue weighted by Gasteiger charge is -2.00. The van der Waals surface area contributed by atoms with Crippen LogP contribution in [-0.4, -0.2) is 31.6 Å². The van der Waals surface area contributed by atoms with Crippen LogP contribution in [0.25, 0.3) is 56.4 Å². The van der Waals surface area contributed by atoms with Gasteiger partial charge in [-0.05, 0) is 48.5 Å². The topological polar surface area (TPSA) is 170 Å². The van der Waals surface area contributed by atoms with Gasteiger partial charge < -0.3 is 25.9 Å². The summed E-state index contributed by atoms with van der Waals surface area (Å²) in [5, 5.41) is 15.2. The van der Waals surface area contributed by atoms with E-state index in [1.165, 1.54) is 0 Å². The van der Waals surface area contributed by atoms with E-state index in [4.69, 9.17) is 26.7 Å². The van der Waals surface area contributed by atoms with Crippen molar-refractivity contribution >= 4 is 33.7 Å². The summed E-state index contributed by atoms with van der Waals surface area (Å²) >= 11 is 0. The molecule has 3 heterocycles. The number of hydrogen-bond acceptors (Lipinski definition) is 5. The molecule has 6 aromatic rings. The van der Waals surface area contributed by atoms with Crippen molar-refractivity contribution in [1.82, 2.24) is 19.9 Å². The zero-order valence-electron chi connectivity index (χ0n) is 18.4. The number of furan rings is 1. The molecule has 0 aliphatic carbocycles. The molecule has 0 fully saturated rings. The fraction of sp³-hybridized carbons (Fsp3) is 0. The predicted octanol–water partition coefficient (Wildman–Crippen LogP) is 4.60. The molecule has 9 nitrogen and oxygen atoms in total. The van der Waals surface area contributed by atoms with E-state index in [1.807, 2.05) is 54.6 Å². The quantitative estimate of drug-likeness (QED) is 0.163. The number of fused-ring (bicyclic) bond motifs is 2. The summed E-state index contributed by atoms with van der Waals surface area (Å²) in [7, 11) is 0. The summed E-state index contributed by atoms with van der Waals surface area (Å²) in [6, 6.07) is 22.6. The number of H-pyrrole nitrogens is 2. The molecule has 0 unspecified atom stereocenters. The molecule has 0 aliphatic heterocycles. The van der Waals surface area contributed by atoms with Crippen molar-refractivity contribution in [2.45, 2.75) is 0 Å². The third-order valence-corrected chi connectivity index (χ3v) is 5.87. The second-order valence-corrected chi connectivity index (χ2v) is 8.20. The summed E-state index contributed by atoms with van der Waals surface area (Å²) in [6.45, 7) is 0. The lowest BCUT2D eigenvalue weighted by Crippen LogP contribution is -2.10. The van der Waals surface area contributed by atoms with E-state index < -0.39 is 0 Å². The predicted molar refractivity (Wildman–Crippen MR) is 136 cm³/mol. The molecule has 0 saturated carbocycles. The van der Waals surface area contributed by atoms with Gasteiger partial charge in [-0.2, -0.15) is 0 Å². The van der Waals surface area contributed by atoms with Gasteiger partial charge in [-0.15, -0.1) is 0 Å². The van der Waals surface area contributed by atoms with Gasteiger partial charge in [0.15, 0.2) is 11.6 Å². The third kappa shape index (κ3) is 3.61. The first kappa shape index (κ1) is 20.4. The monoisotopic (exact) mass is 460 g/mol. The first-order chi connectivity index (χ1) is 16.9. The van der Waals surface area contributed by atoms with E-state index in [0.29, 0.717) is 28.5 Å². The highest BCUT2D eigenvalue weighted by Gasteiger charge is 2.13. The minimum absolute atomic E-state index is 0.00948. The Kier molecular flexibility index (Phi) is 4.49. The zero-order valence-corrected chi connectivity index (χ0v) is 18.4. The molecule has 6 rings (SSSR count). The molecule has 3 aromatic carbocycles. The van der Waals surface area contributed by atoms with Gasteiger partial charge in [-0.25, -0.2) is 9.97 Å². The van der Waals surface area contributed by atoms with Gasteiger partial charge in [0.1, 0.15) is 23.3 Å². The number of nitrogen functional groups attached to an aromatic ring is 2. The van der Waals surface area contributed by atoms with Crippen molar-refractivity contribution in [3.63, 3.8) is 0 Å². The molecule has 0 saturated heterocycles. The van der Waals surface area contributed by atoms with Gasteiger partial charge in [-0.3, -0.25) is 10.8 Å². The Morgan fingerprint density at radius 3 is 1.74 bits per heavy atom. The van der Waals surface area contributed by atoms with Crippen LogP contribution in [0.3, 0.4) is 0 Å². The van der Waals surface area contributed by atoms with Gasteiger partial charge in [0, 0.05) is 22.3 Å². The maximum atomic E-state index is 7.61. The number of hydrogen-bond donors (Lipinski definition) is 6. The molecule has 0 bridgehead atoms. The maximum Gasteiger partial charge on any atom is 0.174 e. The molecule has 0 aliphatic rings. The molecule has 3 aromatic heterocycles. The summed E-state index contributed by atoms with van der Waals surface area (Å²) in [6.07, 6.45) is 0. The normalized spacial score (nSPS) is 11.3. The number of nitrogens with two attached hydrogens (primary N) is 2. The van der Waals surface area contributed by atoms with E-state index in [2.05, 4.69) is 19.9 Å². The highest BCUT2D eigenvalue weighted by atomic mass is 16.3. The van der Waals surface area contributed by atoms with Crippen LogP contribution in [0.15, 0.2) is 77.2 Å². The fourth-order valence-electron chi connectivity index (χ4n) is 4.02. The van der Waals surface area contributed by atoms with E-state index >= 15 is 0 Å². The molecule has 0 amide bonds. The van der Waals surface area contributed by atoms with Crippen molar-refractivity contribution in [2.75, 3.05) is 0 Å². The highest BCUT2D eigenvalue weighted by molar-refractivity contribution is 5.99. The van der Waals surface area contributed by atoms with Gasteiger partial charge >= 0.3 is 0 Å². The molecule has 8 N–H and O–H groups in total. The first-order valence-electron chi connectivity index (χ1n) is 10.8. The number of nitrogens with one attached hydrogen (secondary N) is 4. The van der Waals surface area contributed by atoms with E-state index in [-0.39, 0.29) is 11.7 Å². The summed E-state index contributed by atoms with van der Waals surface area (Å²) in [4.78, 5) is 15.8. The lowest BCUT2D eigenvalue weighted by molar-refractivity contribution is 0.593. The SMILES string of the molecule is N=C(N)c1ccc2nc(-c3ccc(-c4ccc(-c5nc6ccc(C(=N)N)cc6[nH]5)o4)cc3)[nH]c2c1. The molecule has 0 radical (unpaired) electrons. The van der Waals surface area contributed by atoms with Crippen molar-refractivity contribution in [3.05, 3.63) is 83.9 Å². The van der Waals surface area contributed by atoms with Crippen molar-refractivity contribution in [2.24, 2.45) is 11.5 Å². The van der Waals surface area contributed by atoms with Crippen molar-refractivity contribution in [3.8, 4) is 34.3 Å². The Hall–Kier alpha value is -5.18. The third-order valence-electron chi connectivity index (χ3n) is 5.87.